The van der Waals surface area contributed by atoms with E-state index in [1.54, 1.807) is 27.9 Å². The van der Waals surface area contributed by atoms with Crippen molar-refractivity contribution in [3.05, 3.63) is 48.0 Å². The van der Waals surface area contributed by atoms with Gasteiger partial charge in [-0.05, 0) is 44.0 Å². The monoisotopic (exact) mass is 341 g/mol. The molecule has 1 fully saturated rings. The van der Waals surface area contributed by atoms with Crippen molar-refractivity contribution < 1.29 is 9.18 Å². The largest absolute Gasteiger partial charge is 0.331 e. The topological polar surface area (TPSA) is 74.0 Å². The van der Waals surface area contributed by atoms with Gasteiger partial charge >= 0.3 is 6.03 Å². The van der Waals surface area contributed by atoms with E-state index in [9.17, 15) is 9.18 Å². The van der Waals surface area contributed by atoms with Crippen LogP contribution in [0.4, 0.5) is 9.18 Å². The number of amides is 2. The van der Waals surface area contributed by atoms with Crippen LogP contribution in [-0.4, -0.2) is 33.8 Å². The number of aromatic nitrogens is 2. The molecule has 1 N–H and O–H groups in total. The fourth-order valence-corrected chi connectivity index (χ4v) is 2.87. The van der Waals surface area contributed by atoms with Crippen LogP contribution in [0.15, 0.2) is 36.7 Å². The number of hydrogen-bond donors (Lipinski definition) is 1. The first-order valence-corrected chi connectivity index (χ1v) is 8.32. The third-order valence-electron chi connectivity index (χ3n) is 4.50. The van der Waals surface area contributed by atoms with E-state index in [4.69, 9.17) is 5.26 Å². The second-order valence-electron chi connectivity index (χ2n) is 6.26. The molecule has 2 heterocycles. The number of nitrogens with zero attached hydrogens (tertiary/aromatic N) is 4. The molecule has 7 heteroatoms. The van der Waals surface area contributed by atoms with Gasteiger partial charge in [0, 0.05) is 30.8 Å². The molecule has 1 aromatic heterocycles. The molecule has 3 rings (SSSR count). The zero-order valence-electron chi connectivity index (χ0n) is 14.0. The van der Waals surface area contributed by atoms with Crippen LogP contribution in [0.2, 0.25) is 0 Å². The van der Waals surface area contributed by atoms with Gasteiger partial charge in [-0.1, -0.05) is 0 Å². The van der Waals surface area contributed by atoms with Crippen LogP contribution in [-0.2, 0) is 0 Å². The van der Waals surface area contributed by atoms with Gasteiger partial charge in [0.25, 0.3) is 0 Å². The molecule has 1 aromatic carbocycles. The molecule has 1 saturated heterocycles. The van der Waals surface area contributed by atoms with Gasteiger partial charge in [-0.25, -0.2) is 13.9 Å². The lowest BCUT2D eigenvalue weighted by Gasteiger charge is -2.30. The number of likely N-dealkylation sites (tertiary alicyclic amines) is 1. The summed E-state index contributed by atoms with van der Waals surface area (Å²) >= 11 is 0. The number of rotatable bonds is 3. The van der Waals surface area contributed by atoms with Crippen molar-refractivity contribution in [2.24, 2.45) is 5.92 Å². The number of nitriles is 1. The molecule has 25 heavy (non-hydrogen) atoms. The zero-order valence-corrected chi connectivity index (χ0v) is 14.0. The Morgan fingerprint density at radius 1 is 1.36 bits per heavy atom. The molecule has 2 aromatic rings. The van der Waals surface area contributed by atoms with Crippen LogP contribution >= 0.6 is 0 Å². The van der Waals surface area contributed by atoms with Gasteiger partial charge in [-0.15, -0.1) is 0 Å². The van der Waals surface area contributed by atoms with Gasteiger partial charge in [0.15, 0.2) is 0 Å². The van der Waals surface area contributed by atoms with Gasteiger partial charge in [-0.2, -0.15) is 10.4 Å². The number of piperidine rings is 1. The Morgan fingerprint density at radius 3 is 2.68 bits per heavy atom. The predicted octanol–water partition coefficient (Wildman–Crippen LogP) is 3.02. The van der Waals surface area contributed by atoms with Gasteiger partial charge in [0.05, 0.1) is 24.0 Å². The van der Waals surface area contributed by atoms with Crippen LogP contribution in [0.3, 0.4) is 0 Å². The molecule has 130 valence electrons. The maximum atomic E-state index is 13.0. The van der Waals surface area contributed by atoms with Gasteiger partial charge < -0.3 is 10.2 Å². The number of halogens is 1. The summed E-state index contributed by atoms with van der Waals surface area (Å²) in [6.45, 7) is 3.10. The molecule has 2 amide bonds. The first-order valence-electron chi connectivity index (χ1n) is 8.32. The molecular weight excluding hydrogens is 321 g/mol. The number of urea groups is 1. The summed E-state index contributed by atoms with van der Waals surface area (Å²) in [7, 11) is 0. The highest BCUT2D eigenvalue weighted by Gasteiger charge is 2.23. The number of carbonyl (C=O) groups is 1. The van der Waals surface area contributed by atoms with Crippen molar-refractivity contribution in [3.8, 4) is 11.8 Å². The highest BCUT2D eigenvalue weighted by atomic mass is 19.1. The van der Waals surface area contributed by atoms with Gasteiger partial charge in [0.2, 0.25) is 0 Å². The molecule has 1 aliphatic rings. The van der Waals surface area contributed by atoms with E-state index >= 15 is 0 Å². The van der Waals surface area contributed by atoms with E-state index in [2.05, 4.69) is 16.5 Å². The highest BCUT2D eigenvalue weighted by molar-refractivity contribution is 5.74. The summed E-state index contributed by atoms with van der Waals surface area (Å²) in [4.78, 5) is 14.1. The quantitative estimate of drug-likeness (QED) is 0.932. The molecule has 1 atom stereocenters. The Kier molecular flexibility index (Phi) is 4.98. The molecule has 0 spiro atoms. The third kappa shape index (κ3) is 3.97. The number of hydrogen-bond acceptors (Lipinski definition) is 3. The minimum absolute atomic E-state index is 0.0513. The molecule has 1 aliphatic heterocycles. The average molecular weight is 341 g/mol. The van der Waals surface area contributed by atoms with E-state index in [0.29, 0.717) is 13.1 Å². The fourth-order valence-electron chi connectivity index (χ4n) is 2.87. The first-order chi connectivity index (χ1) is 12.1. The summed E-state index contributed by atoms with van der Waals surface area (Å²) in [5, 5.41) is 16.2. The SMILES string of the molecule is C[C@@H](NC(=O)N1CCC(C#N)CC1)c1cnn(-c2ccc(F)cc2)c1. The Hall–Kier alpha value is -2.88. The standard InChI is InChI=1S/C18H20FN5O/c1-13(22-18(25)23-8-6-14(10-20)7-9-23)15-11-21-24(12-15)17-4-2-16(19)3-5-17/h2-5,11-14H,6-9H2,1H3,(H,22,25)/t13-/m1/s1. The lowest BCUT2D eigenvalue weighted by molar-refractivity contribution is 0.176. The van der Waals surface area contributed by atoms with E-state index < -0.39 is 0 Å². The van der Waals surface area contributed by atoms with Gasteiger partial charge in [-0.3, -0.25) is 0 Å². The lowest BCUT2D eigenvalue weighted by atomic mass is 9.99. The van der Waals surface area contributed by atoms with Crippen molar-refractivity contribution >= 4 is 6.03 Å². The zero-order chi connectivity index (χ0) is 17.8. The summed E-state index contributed by atoms with van der Waals surface area (Å²) in [6.07, 6.45) is 4.96. The Bertz CT molecular complexity index is 772. The Morgan fingerprint density at radius 2 is 2.04 bits per heavy atom. The van der Waals surface area contributed by atoms with Crippen LogP contribution in [0.25, 0.3) is 5.69 Å². The Labute approximate surface area is 145 Å². The minimum Gasteiger partial charge on any atom is -0.331 e. The van der Waals surface area contributed by atoms with Crippen molar-refractivity contribution in [1.82, 2.24) is 20.0 Å². The van der Waals surface area contributed by atoms with Crippen molar-refractivity contribution in [2.75, 3.05) is 13.1 Å². The molecule has 0 unspecified atom stereocenters. The van der Waals surface area contributed by atoms with E-state index in [-0.39, 0.29) is 23.8 Å². The highest BCUT2D eigenvalue weighted by Crippen LogP contribution is 2.18. The van der Waals surface area contributed by atoms with E-state index in [1.807, 2.05) is 13.1 Å². The molecular formula is C18H20FN5O. The predicted molar refractivity (Wildman–Crippen MR) is 90.4 cm³/mol. The van der Waals surface area contributed by atoms with E-state index in [1.165, 1.54) is 12.1 Å². The summed E-state index contributed by atoms with van der Waals surface area (Å²) in [5.41, 5.74) is 1.62. The van der Waals surface area contributed by atoms with Crippen LogP contribution in [0.5, 0.6) is 0 Å². The number of carbonyl (C=O) groups excluding carboxylic acids is 1. The van der Waals surface area contributed by atoms with Crippen molar-refractivity contribution in [2.45, 2.75) is 25.8 Å². The summed E-state index contributed by atoms with van der Waals surface area (Å²) in [5.74, 6) is -0.243. The average Bonchev–Trinajstić information content (AvgIpc) is 3.12. The van der Waals surface area contributed by atoms with Gasteiger partial charge in [0.1, 0.15) is 5.82 Å². The van der Waals surface area contributed by atoms with Crippen molar-refractivity contribution in [1.29, 1.82) is 5.26 Å². The number of benzene rings is 1. The Balaban J connectivity index is 1.60. The normalized spacial score (nSPS) is 16.3. The molecule has 0 radical (unpaired) electrons. The maximum absolute atomic E-state index is 13.0. The van der Waals surface area contributed by atoms with Crippen LogP contribution in [0.1, 0.15) is 31.4 Å². The smallest absolute Gasteiger partial charge is 0.317 e. The second kappa shape index (κ2) is 7.34. The molecule has 0 aliphatic carbocycles. The second-order valence-corrected chi connectivity index (χ2v) is 6.26. The first kappa shape index (κ1) is 17.0. The summed E-state index contributed by atoms with van der Waals surface area (Å²) < 4.78 is 14.7. The number of nitrogens with one attached hydrogen (secondary N) is 1. The van der Waals surface area contributed by atoms with Crippen LogP contribution in [0, 0.1) is 23.1 Å². The minimum atomic E-state index is -0.295. The maximum Gasteiger partial charge on any atom is 0.317 e. The lowest BCUT2D eigenvalue weighted by Crippen LogP contribution is -2.45. The van der Waals surface area contributed by atoms with Crippen molar-refractivity contribution in [3.63, 3.8) is 0 Å². The molecule has 6 nitrogen and oxygen atoms in total. The summed E-state index contributed by atoms with van der Waals surface area (Å²) in [6, 6.07) is 7.99. The third-order valence-corrected chi connectivity index (χ3v) is 4.50. The van der Waals surface area contributed by atoms with Crippen LogP contribution < -0.4 is 5.32 Å². The molecule has 0 saturated carbocycles. The molecule has 0 bridgehead atoms. The van der Waals surface area contributed by atoms with E-state index in [0.717, 1.165) is 24.1 Å². The fraction of sp³-hybridized carbons (Fsp3) is 0.389.